The third kappa shape index (κ3) is 3.74. The maximum Gasteiger partial charge on any atom is 0.260 e. The standard InChI is InChI=1S/C20H21N3O3/c1-13-7-6-10-17(14(13)2)26-12-19(24)23(3)11-18-21-16-9-5-4-8-15(16)20(25)22-18/h4-10H,11-12H2,1-3H3,(H,21,22,25). The number of hydrogen-bond donors (Lipinski definition) is 1. The first-order valence-corrected chi connectivity index (χ1v) is 8.36. The second kappa shape index (κ2) is 7.39. The van der Waals surface area contributed by atoms with Gasteiger partial charge in [0.05, 0.1) is 17.4 Å². The van der Waals surface area contributed by atoms with Gasteiger partial charge in [-0.25, -0.2) is 4.98 Å². The van der Waals surface area contributed by atoms with Crippen LogP contribution >= 0.6 is 0 Å². The Morgan fingerprint density at radius 2 is 1.92 bits per heavy atom. The second-order valence-corrected chi connectivity index (χ2v) is 6.27. The summed E-state index contributed by atoms with van der Waals surface area (Å²) in [4.78, 5) is 33.1. The quantitative estimate of drug-likeness (QED) is 0.767. The average molecular weight is 351 g/mol. The predicted octanol–water partition coefficient (Wildman–Crippen LogP) is 2.58. The minimum absolute atomic E-state index is 0.0708. The summed E-state index contributed by atoms with van der Waals surface area (Å²) in [6.07, 6.45) is 0. The van der Waals surface area contributed by atoms with Gasteiger partial charge in [0.1, 0.15) is 11.6 Å². The van der Waals surface area contributed by atoms with Crippen molar-refractivity contribution in [1.29, 1.82) is 0 Å². The number of aromatic nitrogens is 2. The Balaban J connectivity index is 1.68. The fourth-order valence-corrected chi connectivity index (χ4v) is 2.65. The molecule has 0 aliphatic heterocycles. The molecule has 0 spiro atoms. The van der Waals surface area contributed by atoms with Gasteiger partial charge in [0.15, 0.2) is 6.61 Å². The van der Waals surface area contributed by atoms with Crippen LogP contribution in [-0.2, 0) is 11.3 Å². The number of carbonyl (C=O) groups is 1. The molecule has 1 aromatic heterocycles. The van der Waals surface area contributed by atoms with Gasteiger partial charge in [0.25, 0.3) is 11.5 Å². The lowest BCUT2D eigenvalue weighted by Gasteiger charge is -2.18. The Bertz CT molecular complexity index is 1010. The highest BCUT2D eigenvalue weighted by Gasteiger charge is 2.13. The number of carbonyl (C=O) groups excluding carboxylic acids is 1. The predicted molar refractivity (Wildman–Crippen MR) is 100 cm³/mol. The number of aromatic amines is 1. The molecule has 3 rings (SSSR count). The van der Waals surface area contributed by atoms with E-state index in [1.807, 2.05) is 38.1 Å². The summed E-state index contributed by atoms with van der Waals surface area (Å²) >= 11 is 0. The van der Waals surface area contributed by atoms with E-state index in [0.29, 0.717) is 22.5 Å². The molecule has 0 unspecified atom stereocenters. The summed E-state index contributed by atoms with van der Waals surface area (Å²) in [5.74, 6) is 0.946. The molecule has 6 nitrogen and oxygen atoms in total. The zero-order valence-electron chi connectivity index (χ0n) is 15.1. The molecule has 0 aliphatic carbocycles. The van der Waals surface area contributed by atoms with E-state index in [9.17, 15) is 9.59 Å². The topological polar surface area (TPSA) is 75.3 Å². The molecule has 0 saturated heterocycles. The van der Waals surface area contributed by atoms with E-state index < -0.39 is 0 Å². The molecule has 0 atom stereocenters. The zero-order chi connectivity index (χ0) is 18.7. The van der Waals surface area contributed by atoms with E-state index in [1.54, 1.807) is 25.2 Å². The monoisotopic (exact) mass is 351 g/mol. The molecule has 0 radical (unpaired) electrons. The van der Waals surface area contributed by atoms with Gasteiger partial charge in [-0.15, -0.1) is 0 Å². The third-order valence-corrected chi connectivity index (χ3v) is 4.38. The van der Waals surface area contributed by atoms with Gasteiger partial charge in [-0.3, -0.25) is 9.59 Å². The van der Waals surface area contributed by atoms with Crippen LogP contribution in [0.4, 0.5) is 0 Å². The number of likely N-dealkylation sites (N-methyl/N-ethyl adjacent to an activating group) is 1. The van der Waals surface area contributed by atoms with E-state index in [4.69, 9.17) is 4.74 Å². The summed E-state index contributed by atoms with van der Waals surface area (Å²) in [5, 5.41) is 0.531. The number of amides is 1. The van der Waals surface area contributed by atoms with Crippen LogP contribution < -0.4 is 10.3 Å². The van der Waals surface area contributed by atoms with Crippen molar-refractivity contribution in [3.63, 3.8) is 0 Å². The van der Waals surface area contributed by atoms with Crippen LogP contribution in [0.3, 0.4) is 0 Å². The van der Waals surface area contributed by atoms with Gasteiger partial charge in [0.2, 0.25) is 0 Å². The van der Waals surface area contributed by atoms with Crippen LogP contribution in [0, 0.1) is 13.8 Å². The number of nitrogens with zero attached hydrogens (tertiary/aromatic N) is 2. The van der Waals surface area contributed by atoms with E-state index in [2.05, 4.69) is 9.97 Å². The van der Waals surface area contributed by atoms with E-state index >= 15 is 0 Å². The number of para-hydroxylation sites is 1. The number of benzene rings is 2. The number of aryl methyl sites for hydroxylation is 1. The summed E-state index contributed by atoms with van der Waals surface area (Å²) in [6, 6.07) is 12.9. The smallest absolute Gasteiger partial charge is 0.260 e. The van der Waals surface area contributed by atoms with Crippen LogP contribution in [-0.4, -0.2) is 34.4 Å². The number of nitrogens with one attached hydrogen (secondary N) is 1. The van der Waals surface area contributed by atoms with Gasteiger partial charge >= 0.3 is 0 Å². The lowest BCUT2D eigenvalue weighted by Crippen LogP contribution is -2.32. The van der Waals surface area contributed by atoms with Gasteiger partial charge in [-0.1, -0.05) is 24.3 Å². The summed E-state index contributed by atoms with van der Waals surface area (Å²) < 4.78 is 5.65. The molecule has 1 heterocycles. The van der Waals surface area contributed by atoms with Crippen molar-refractivity contribution in [2.24, 2.45) is 0 Å². The first-order chi connectivity index (χ1) is 12.5. The molecule has 0 aliphatic rings. The van der Waals surface area contributed by atoms with Crippen molar-refractivity contribution in [2.75, 3.05) is 13.7 Å². The zero-order valence-corrected chi connectivity index (χ0v) is 15.1. The molecule has 26 heavy (non-hydrogen) atoms. The third-order valence-electron chi connectivity index (χ3n) is 4.38. The molecule has 0 saturated carbocycles. The first kappa shape index (κ1) is 17.7. The van der Waals surface area contributed by atoms with Crippen LogP contribution in [0.1, 0.15) is 17.0 Å². The van der Waals surface area contributed by atoms with Crippen LogP contribution in [0.5, 0.6) is 5.75 Å². The molecule has 3 aromatic rings. The second-order valence-electron chi connectivity index (χ2n) is 6.27. The summed E-state index contributed by atoms with van der Waals surface area (Å²) in [7, 11) is 1.66. The molecule has 0 bridgehead atoms. The number of H-pyrrole nitrogens is 1. The fraction of sp³-hybridized carbons (Fsp3) is 0.250. The Kier molecular flexibility index (Phi) is 5.02. The molecular formula is C20H21N3O3. The molecule has 0 fully saturated rings. The van der Waals surface area contributed by atoms with Crippen LogP contribution in [0.25, 0.3) is 10.9 Å². The van der Waals surface area contributed by atoms with E-state index in [-0.39, 0.29) is 24.6 Å². The van der Waals surface area contributed by atoms with Crippen molar-refractivity contribution < 1.29 is 9.53 Å². The molecular weight excluding hydrogens is 330 g/mol. The fourth-order valence-electron chi connectivity index (χ4n) is 2.65. The van der Waals surface area contributed by atoms with Crippen molar-refractivity contribution in [3.8, 4) is 5.75 Å². The SMILES string of the molecule is Cc1cccc(OCC(=O)N(C)Cc2nc3ccccc3c(=O)[nH]2)c1C. The Morgan fingerprint density at radius 1 is 1.15 bits per heavy atom. The van der Waals surface area contributed by atoms with Gasteiger partial charge < -0.3 is 14.6 Å². The maximum atomic E-state index is 12.3. The number of fused-ring (bicyclic) bond motifs is 1. The normalized spacial score (nSPS) is 10.7. The van der Waals surface area contributed by atoms with Crippen molar-refractivity contribution >= 4 is 16.8 Å². The maximum absolute atomic E-state index is 12.3. The Labute approximate surface area is 151 Å². The number of rotatable bonds is 5. The van der Waals surface area contributed by atoms with Crippen molar-refractivity contribution in [1.82, 2.24) is 14.9 Å². The lowest BCUT2D eigenvalue weighted by atomic mass is 10.1. The number of ether oxygens (including phenoxy) is 1. The Morgan fingerprint density at radius 3 is 2.73 bits per heavy atom. The molecule has 134 valence electrons. The summed E-state index contributed by atoms with van der Waals surface area (Å²) in [6.45, 7) is 4.09. The van der Waals surface area contributed by atoms with E-state index in [1.165, 1.54) is 4.90 Å². The first-order valence-electron chi connectivity index (χ1n) is 8.36. The van der Waals surface area contributed by atoms with Crippen LogP contribution in [0.2, 0.25) is 0 Å². The van der Waals surface area contributed by atoms with Gasteiger partial charge in [-0.2, -0.15) is 0 Å². The number of hydrogen-bond acceptors (Lipinski definition) is 4. The highest BCUT2D eigenvalue weighted by atomic mass is 16.5. The average Bonchev–Trinajstić information content (AvgIpc) is 2.62. The highest BCUT2D eigenvalue weighted by molar-refractivity contribution is 5.78. The molecule has 1 N–H and O–H groups in total. The van der Waals surface area contributed by atoms with Crippen molar-refractivity contribution in [2.45, 2.75) is 20.4 Å². The minimum atomic E-state index is -0.210. The summed E-state index contributed by atoms with van der Waals surface area (Å²) in [5.41, 5.74) is 2.53. The molecule has 6 heteroatoms. The largest absolute Gasteiger partial charge is 0.483 e. The minimum Gasteiger partial charge on any atom is -0.483 e. The van der Waals surface area contributed by atoms with E-state index in [0.717, 1.165) is 11.1 Å². The highest BCUT2D eigenvalue weighted by Crippen LogP contribution is 2.20. The Hall–Kier alpha value is -3.15. The van der Waals surface area contributed by atoms with Crippen molar-refractivity contribution in [3.05, 3.63) is 69.8 Å². The van der Waals surface area contributed by atoms with Gasteiger partial charge in [-0.05, 0) is 43.2 Å². The molecule has 2 aromatic carbocycles. The van der Waals surface area contributed by atoms with Crippen LogP contribution in [0.15, 0.2) is 47.3 Å². The molecule has 1 amide bonds. The van der Waals surface area contributed by atoms with Gasteiger partial charge in [0, 0.05) is 7.05 Å². The lowest BCUT2D eigenvalue weighted by molar-refractivity contribution is -0.132.